The summed E-state index contributed by atoms with van der Waals surface area (Å²) in [5.41, 5.74) is 2.62. The quantitative estimate of drug-likeness (QED) is 0.677. The maximum Gasteiger partial charge on any atom is 0.190 e. The van der Waals surface area contributed by atoms with Crippen LogP contribution in [0.15, 0.2) is 48.1 Å². The maximum atomic E-state index is 5.58. The largest absolute Gasteiger partial charge is 0.358 e. The van der Waals surface area contributed by atoms with E-state index in [1.165, 1.54) is 30.5 Å². The Morgan fingerprint density at radius 3 is 2.91 bits per heavy atom. The molecule has 1 aliphatic heterocycles. The van der Waals surface area contributed by atoms with Crippen molar-refractivity contribution in [3.63, 3.8) is 0 Å². The van der Waals surface area contributed by atoms with Crippen LogP contribution in [0.5, 0.6) is 0 Å². The second kappa shape index (κ2) is 6.61. The molecular weight excluding hydrogens is 290 g/mol. The first-order chi connectivity index (χ1) is 10.7. The van der Waals surface area contributed by atoms with Crippen LogP contribution < -0.4 is 5.32 Å². The smallest absolute Gasteiger partial charge is 0.190 e. The molecule has 2 aliphatic rings. The summed E-state index contributed by atoms with van der Waals surface area (Å²) in [5, 5.41) is 10.9. The predicted molar refractivity (Wildman–Crippen MR) is 95.8 cm³/mol. The minimum absolute atomic E-state index is 0.226. The van der Waals surface area contributed by atoms with Crippen molar-refractivity contribution in [2.24, 2.45) is 16.9 Å². The molecule has 1 saturated carbocycles. The van der Waals surface area contributed by atoms with Crippen LogP contribution in [0.25, 0.3) is 0 Å². The summed E-state index contributed by atoms with van der Waals surface area (Å²) < 4.78 is 0. The van der Waals surface area contributed by atoms with Gasteiger partial charge in [0.1, 0.15) is 0 Å². The first-order valence-corrected chi connectivity index (χ1v) is 8.44. The number of nitrogens with one attached hydrogen (secondary N) is 1. The fourth-order valence-corrected chi connectivity index (χ4v) is 3.83. The molecule has 0 radical (unpaired) electrons. The Balaban J connectivity index is 1.93. The minimum atomic E-state index is 0.226. The lowest BCUT2D eigenvalue weighted by Crippen LogP contribution is -2.38. The third kappa shape index (κ3) is 2.80. The molecule has 3 nitrogen and oxygen atoms in total. The molecule has 1 heterocycles. The van der Waals surface area contributed by atoms with Crippen molar-refractivity contribution in [2.45, 2.75) is 32.2 Å². The Morgan fingerprint density at radius 1 is 1.41 bits per heavy atom. The highest BCUT2D eigenvalue weighted by molar-refractivity contribution is 7.80. The van der Waals surface area contributed by atoms with E-state index in [2.05, 4.69) is 49.2 Å². The van der Waals surface area contributed by atoms with Gasteiger partial charge in [-0.25, -0.2) is 5.01 Å². The molecule has 1 aromatic rings. The van der Waals surface area contributed by atoms with Gasteiger partial charge in [-0.1, -0.05) is 49.8 Å². The molecule has 116 valence electrons. The van der Waals surface area contributed by atoms with Crippen LogP contribution in [0.4, 0.5) is 0 Å². The van der Waals surface area contributed by atoms with Crippen LogP contribution in [0.3, 0.4) is 0 Å². The second-order valence-electron chi connectivity index (χ2n) is 6.14. The summed E-state index contributed by atoms with van der Waals surface area (Å²) in [5.74, 6) is 1.03. The second-order valence-corrected chi connectivity index (χ2v) is 6.52. The van der Waals surface area contributed by atoms with Crippen molar-refractivity contribution in [1.29, 1.82) is 0 Å². The molecule has 1 aromatic carbocycles. The van der Waals surface area contributed by atoms with Gasteiger partial charge in [0.15, 0.2) is 5.11 Å². The van der Waals surface area contributed by atoms with Gasteiger partial charge in [-0.2, -0.15) is 5.10 Å². The fraction of sp³-hybridized carbons (Fsp3) is 0.444. The Bertz CT molecular complexity index is 581. The minimum Gasteiger partial charge on any atom is -0.358 e. The molecule has 0 bridgehead atoms. The van der Waals surface area contributed by atoms with E-state index in [1.54, 1.807) is 0 Å². The first-order valence-electron chi connectivity index (χ1n) is 8.03. The SMILES string of the molecule is C=CCNC(=S)N1N=C2C(C)CCC[C@@H]2[C@H]1c1ccccc1. The molecule has 3 rings (SSSR count). The lowest BCUT2D eigenvalue weighted by atomic mass is 9.76. The molecule has 4 heteroatoms. The van der Waals surface area contributed by atoms with Gasteiger partial charge >= 0.3 is 0 Å². The van der Waals surface area contributed by atoms with E-state index in [1.807, 2.05) is 11.1 Å². The summed E-state index contributed by atoms with van der Waals surface area (Å²) in [6.07, 6.45) is 5.53. The van der Waals surface area contributed by atoms with Crippen molar-refractivity contribution in [3.05, 3.63) is 48.6 Å². The maximum absolute atomic E-state index is 5.58. The van der Waals surface area contributed by atoms with Crippen molar-refractivity contribution >= 4 is 23.0 Å². The molecule has 0 saturated heterocycles. The van der Waals surface area contributed by atoms with Crippen molar-refractivity contribution < 1.29 is 0 Å². The van der Waals surface area contributed by atoms with Gasteiger partial charge in [-0.3, -0.25) is 0 Å². The zero-order valence-corrected chi connectivity index (χ0v) is 13.9. The van der Waals surface area contributed by atoms with Gasteiger partial charge in [0.05, 0.1) is 6.04 Å². The van der Waals surface area contributed by atoms with E-state index >= 15 is 0 Å². The molecule has 0 amide bonds. The number of thiocarbonyl (C=S) groups is 1. The topological polar surface area (TPSA) is 27.6 Å². The van der Waals surface area contributed by atoms with Gasteiger partial charge in [-0.05, 0) is 36.5 Å². The molecule has 3 atom stereocenters. The van der Waals surface area contributed by atoms with E-state index in [4.69, 9.17) is 17.3 Å². The van der Waals surface area contributed by atoms with Gasteiger partial charge in [-0.15, -0.1) is 6.58 Å². The molecule has 1 unspecified atom stereocenters. The van der Waals surface area contributed by atoms with Crippen molar-refractivity contribution in [1.82, 2.24) is 10.3 Å². The molecule has 0 aromatic heterocycles. The monoisotopic (exact) mass is 313 g/mol. The molecule has 22 heavy (non-hydrogen) atoms. The Labute approximate surface area is 138 Å². The molecular formula is C18H23N3S. The molecule has 0 spiro atoms. The van der Waals surface area contributed by atoms with Crippen LogP contribution >= 0.6 is 12.2 Å². The Hall–Kier alpha value is -1.68. The molecule has 1 N–H and O–H groups in total. The molecule has 1 fully saturated rings. The van der Waals surface area contributed by atoms with Crippen LogP contribution in [-0.4, -0.2) is 22.4 Å². The van der Waals surface area contributed by atoms with E-state index in [0.717, 1.165) is 0 Å². The predicted octanol–water partition coefficient (Wildman–Crippen LogP) is 3.90. The number of hydrogen-bond donors (Lipinski definition) is 1. The van der Waals surface area contributed by atoms with E-state index in [0.29, 0.717) is 23.5 Å². The zero-order valence-electron chi connectivity index (χ0n) is 13.0. The summed E-state index contributed by atoms with van der Waals surface area (Å²) >= 11 is 5.58. The van der Waals surface area contributed by atoms with Crippen LogP contribution in [0.2, 0.25) is 0 Å². The third-order valence-electron chi connectivity index (χ3n) is 4.65. The Kier molecular flexibility index (Phi) is 4.57. The van der Waals surface area contributed by atoms with Gasteiger partial charge in [0, 0.05) is 18.2 Å². The lowest BCUT2D eigenvalue weighted by molar-refractivity contribution is 0.293. The van der Waals surface area contributed by atoms with Crippen LogP contribution in [-0.2, 0) is 0 Å². The average molecular weight is 313 g/mol. The normalized spacial score (nSPS) is 27.0. The highest BCUT2D eigenvalue weighted by Gasteiger charge is 2.43. The van der Waals surface area contributed by atoms with Gasteiger partial charge in [0.2, 0.25) is 0 Å². The average Bonchev–Trinajstić information content (AvgIpc) is 2.94. The fourth-order valence-electron chi connectivity index (χ4n) is 3.59. The lowest BCUT2D eigenvalue weighted by Gasteiger charge is -2.31. The number of rotatable bonds is 3. The van der Waals surface area contributed by atoms with Gasteiger partial charge < -0.3 is 5.32 Å². The van der Waals surface area contributed by atoms with E-state index < -0.39 is 0 Å². The van der Waals surface area contributed by atoms with E-state index in [9.17, 15) is 0 Å². The summed E-state index contributed by atoms with van der Waals surface area (Å²) in [6, 6.07) is 10.8. The first kappa shape index (κ1) is 15.2. The van der Waals surface area contributed by atoms with Gasteiger partial charge in [0.25, 0.3) is 0 Å². The Morgan fingerprint density at radius 2 is 2.18 bits per heavy atom. The highest BCUT2D eigenvalue weighted by Crippen LogP contribution is 2.43. The van der Waals surface area contributed by atoms with E-state index in [-0.39, 0.29) is 6.04 Å². The third-order valence-corrected chi connectivity index (χ3v) is 4.98. The standard InChI is InChI=1S/C18H23N3S/c1-3-12-19-18(22)21-17(14-9-5-4-6-10-14)15-11-7-8-13(2)16(15)20-21/h3-6,9-10,13,15,17H,1,7-8,11-12H2,2H3,(H,19,22)/t13?,15-,17+/m0/s1. The zero-order chi connectivity index (χ0) is 15.5. The number of benzene rings is 1. The van der Waals surface area contributed by atoms with Crippen LogP contribution in [0, 0.1) is 11.8 Å². The van der Waals surface area contributed by atoms with Crippen molar-refractivity contribution in [2.75, 3.05) is 6.54 Å². The van der Waals surface area contributed by atoms with Crippen LogP contribution in [0.1, 0.15) is 37.8 Å². The molecule has 1 aliphatic carbocycles. The summed E-state index contributed by atoms with van der Waals surface area (Å²) in [6.45, 7) is 6.70. The number of hydrazone groups is 1. The summed E-state index contributed by atoms with van der Waals surface area (Å²) in [4.78, 5) is 0. The number of hydrogen-bond acceptors (Lipinski definition) is 2. The number of nitrogens with zero attached hydrogens (tertiary/aromatic N) is 2. The highest BCUT2D eigenvalue weighted by atomic mass is 32.1. The number of fused-ring (bicyclic) bond motifs is 1. The summed E-state index contributed by atoms with van der Waals surface area (Å²) in [7, 11) is 0. The van der Waals surface area contributed by atoms with Crippen molar-refractivity contribution in [3.8, 4) is 0 Å².